The van der Waals surface area contributed by atoms with Gasteiger partial charge in [0, 0.05) is 5.56 Å². The molecule has 0 atom stereocenters. The molecule has 1 heterocycles. The van der Waals surface area contributed by atoms with Gasteiger partial charge in [0.2, 0.25) is 0 Å². The highest BCUT2D eigenvalue weighted by molar-refractivity contribution is 6.07. The molecule has 3 aromatic carbocycles. The van der Waals surface area contributed by atoms with Crippen molar-refractivity contribution in [1.82, 2.24) is 0 Å². The molecule has 4 rings (SSSR count). The zero-order chi connectivity index (χ0) is 25.0. The second-order valence-electron chi connectivity index (χ2n) is 8.05. The molecule has 0 aliphatic carbocycles. The molecule has 0 unspecified atom stereocenters. The van der Waals surface area contributed by atoms with Crippen molar-refractivity contribution in [2.75, 3.05) is 77.1 Å². The molecule has 3 N–H and O–H groups in total. The molecule has 1 amide bonds. The van der Waals surface area contributed by atoms with Gasteiger partial charge < -0.3 is 39.5 Å². The van der Waals surface area contributed by atoms with Gasteiger partial charge in [-0.3, -0.25) is 4.79 Å². The first kappa shape index (κ1) is 25.7. The fourth-order valence-corrected chi connectivity index (χ4v) is 3.62. The van der Waals surface area contributed by atoms with Crippen LogP contribution in [0.1, 0.15) is 10.4 Å². The summed E-state index contributed by atoms with van der Waals surface area (Å²) in [4.78, 5) is 13.0. The largest absolute Gasteiger partial charge is 0.487 e. The third kappa shape index (κ3) is 7.56. The Kier molecular flexibility index (Phi) is 9.75. The van der Waals surface area contributed by atoms with E-state index < -0.39 is 0 Å². The number of nitrogens with two attached hydrogens (primary N) is 1. The molecule has 0 saturated carbocycles. The minimum atomic E-state index is -0.306. The fourth-order valence-electron chi connectivity index (χ4n) is 3.62. The molecule has 0 spiro atoms. The maximum absolute atomic E-state index is 13.0. The Morgan fingerprint density at radius 1 is 0.639 bits per heavy atom. The van der Waals surface area contributed by atoms with Gasteiger partial charge in [-0.05, 0) is 41.1 Å². The summed E-state index contributed by atoms with van der Waals surface area (Å²) in [5.41, 5.74) is 7.63. The second-order valence-corrected chi connectivity index (χ2v) is 8.05. The molecular weight excluding hydrogens is 464 g/mol. The predicted molar refractivity (Wildman–Crippen MR) is 137 cm³/mol. The smallest absolute Gasteiger partial charge is 0.255 e. The number of fused-ring (bicyclic) bond motifs is 2. The van der Waals surface area contributed by atoms with Gasteiger partial charge >= 0.3 is 0 Å². The summed E-state index contributed by atoms with van der Waals surface area (Å²) >= 11 is 0. The molecule has 0 fully saturated rings. The third-order valence-corrected chi connectivity index (χ3v) is 5.46. The van der Waals surface area contributed by atoms with E-state index in [0.717, 1.165) is 10.8 Å². The number of rotatable bonds is 2. The van der Waals surface area contributed by atoms with Crippen LogP contribution in [0, 0.1) is 0 Å². The molecule has 192 valence electrons. The molecule has 0 radical (unpaired) electrons. The van der Waals surface area contributed by atoms with E-state index in [2.05, 4.69) is 5.32 Å². The summed E-state index contributed by atoms with van der Waals surface area (Å²) in [6.07, 6.45) is 0. The highest BCUT2D eigenvalue weighted by Gasteiger charge is 2.14. The van der Waals surface area contributed by atoms with Crippen LogP contribution in [0.4, 0.5) is 11.4 Å². The Hall–Kier alpha value is -3.37. The second kappa shape index (κ2) is 13.6. The lowest BCUT2D eigenvalue weighted by atomic mass is 10.1. The number of carbonyl (C=O) groups excluding carboxylic acids is 1. The van der Waals surface area contributed by atoms with Crippen molar-refractivity contribution in [3.8, 4) is 11.5 Å². The number of hydrogen-bond donors (Lipinski definition) is 2. The van der Waals surface area contributed by atoms with Crippen molar-refractivity contribution in [2.45, 2.75) is 0 Å². The van der Waals surface area contributed by atoms with Crippen LogP contribution in [0.5, 0.6) is 11.5 Å². The Bertz CT molecular complexity index is 1140. The number of ether oxygens (including phenoxy) is 6. The van der Waals surface area contributed by atoms with Crippen LogP contribution in [0.25, 0.3) is 10.8 Å². The van der Waals surface area contributed by atoms with Crippen molar-refractivity contribution < 1.29 is 33.2 Å². The highest BCUT2D eigenvalue weighted by Crippen LogP contribution is 2.30. The Morgan fingerprint density at radius 2 is 1.17 bits per heavy atom. The van der Waals surface area contributed by atoms with E-state index in [0.29, 0.717) is 94.5 Å². The summed E-state index contributed by atoms with van der Waals surface area (Å²) in [7, 11) is 0. The van der Waals surface area contributed by atoms with Crippen molar-refractivity contribution in [3.63, 3.8) is 0 Å². The average molecular weight is 497 g/mol. The zero-order valence-corrected chi connectivity index (χ0v) is 20.2. The van der Waals surface area contributed by atoms with Crippen LogP contribution in [0.15, 0.2) is 54.6 Å². The summed E-state index contributed by atoms with van der Waals surface area (Å²) in [6.45, 7) is 4.28. The standard InChI is InChI=1S/C27H32N2O7/c28-23-17-20-3-1-2-4-21(20)18-24(23)29-27(30)22-5-6-25-26(19-22)36-16-14-34-12-10-32-8-7-31-9-11-33-13-15-35-25/h1-6,17-19H,7-16,28H2,(H,29,30). The number of nitrogens with one attached hydrogen (secondary N) is 1. The van der Waals surface area contributed by atoms with E-state index in [-0.39, 0.29) is 5.91 Å². The maximum Gasteiger partial charge on any atom is 0.255 e. The molecule has 1 aliphatic heterocycles. The fraction of sp³-hybridized carbons (Fsp3) is 0.370. The Labute approximate surface area is 210 Å². The quantitative estimate of drug-likeness (QED) is 0.519. The molecule has 0 saturated heterocycles. The van der Waals surface area contributed by atoms with E-state index in [4.69, 9.17) is 34.2 Å². The summed E-state index contributed by atoms with van der Waals surface area (Å²) in [6, 6.07) is 16.6. The third-order valence-electron chi connectivity index (χ3n) is 5.46. The molecule has 1 aliphatic rings. The van der Waals surface area contributed by atoms with E-state index >= 15 is 0 Å². The van der Waals surface area contributed by atoms with Crippen molar-refractivity contribution in [2.24, 2.45) is 0 Å². The van der Waals surface area contributed by atoms with Gasteiger partial charge in [-0.1, -0.05) is 24.3 Å². The molecule has 9 heteroatoms. The monoisotopic (exact) mass is 496 g/mol. The number of nitrogen functional groups attached to an aromatic ring is 1. The van der Waals surface area contributed by atoms with E-state index in [1.165, 1.54) is 0 Å². The molecule has 3 aromatic rings. The number of hydrogen-bond acceptors (Lipinski definition) is 8. The van der Waals surface area contributed by atoms with Crippen LogP contribution in [0.2, 0.25) is 0 Å². The first-order chi connectivity index (χ1) is 17.7. The molecule has 0 aromatic heterocycles. The number of carbonyl (C=O) groups is 1. The van der Waals surface area contributed by atoms with Crippen molar-refractivity contribution in [1.29, 1.82) is 0 Å². The lowest BCUT2D eigenvalue weighted by Crippen LogP contribution is -2.16. The first-order valence-corrected chi connectivity index (χ1v) is 12.0. The molecule has 0 bridgehead atoms. The van der Waals surface area contributed by atoms with Crippen molar-refractivity contribution in [3.05, 3.63) is 60.2 Å². The molecule has 36 heavy (non-hydrogen) atoms. The maximum atomic E-state index is 13.0. The highest BCUT2D eigenvalue weighted by atomic mass is 16.6. The normalized spacial score (nSPS) is 16.6. The number of amides is 1. The Balaban J connectivity index is 1.44. The lowest BCUT2D eigenvalue weighted by Gasteiger charge is -2.15. The number of benzene rings is 3. The van der Waals surface area contributed by atoms with Crippen LogP contribution in [0.3, 0.4) is 0 Å². The molecular formula is C27H32N2O7. The van der Waals surface area contributed by atoms with Gasteiger partial charge in [-0.2, -0.15) is 0 Å². The van der Waals surface area contributed by atoms with Crippen LogP contribution in [-0.2, 0) is 18.9 Å². The van der Waals surface area contributed by atoms with Crippen LogP contribution in [-0.4, -0.2) is 72.0 Å². The van der Waals surface area contributed by atoms with E-state index in [1.54, 1.807) is 18.2 Å². The zero-order valence-electron chi connectivity index (χ0n) is 20.2. The van der Waals surface area contributed by atoms with Crippen LogP contribution >= 0.6 is 0 Å². The van der Waals surface area contributed by atoms with Crippen LogP contribution < -0.4 is 20.5 Å². The number of anilines is 2. The van der Waals surface area contributed by atoms with E-state index in [1.807, 2.05) is 36.4 Å². The van der Waals surface area contributed by atoms with Gasteiger partial charge in [-0.25, -0.2) is 0 Å². The average Bonchev–Trinajstić information content (AvgIpc) is 2.88. The van der Waals surface area contributed by atoms with Gasteiger partial charge in [0.1, 0.15) is 13.2 Å². The molecule has 9 nitrogen and oxygen atoms in total. The summed E-state index contributed by atoms with van der Waals surface area (Å²) in [5, 5.41) is 4.90. The van der Waals surface area contributed by atoms with Crippen molar-refractivity contribution >= 4 is 28.1 Å². The SMILES string of the molecule is Nc1cc2ccccc2cc1NC(=O)c1ccc2c(c1)OCCOCCOCCOCCOCCO2. The minimum absolute atomic E-state index is 0.290. The predicted octanol–water partition coefficient (Wildman–Crippen LogP) is 3.51. The van der Waals surface area contributed by atoms with E-state index in [9.17, 15) is 4.79 Å². The van der Waals surface area contributed by atoms with Gasteiger partial charge in [0.15, 0.2) is 11.5 Å². The van der Waals surface area contributed by atoms with Gasteiger partial charge in [0.05, 0.1) is 64.2 Å². The minimum Gasteiger partial charge on any atom is -0.487 e. The topological polar surface area (TPSA) is 111 Å². The lowest BCUT2D eigenvalue weighted by molar-refractivity contribution is -0.00841. The van der Waals surface area contributed by atoms with Gasteiger partial charge in [-0.15, -0.1) is 0 Å². The van der Waals surface area contributed by atoms with Gasteiger partial charge in [0.25, 0.3) is 5.91 Å². The summed E-state index contributed by atoms with van der Waals surface area (Å²) in [5.74, 6) is 0.652. The first-order valence-electron chi connectivity index (χ1n) is 12.0. The Morgan fingerprint density at radius 3 is 1.78 bits per heavy atom. The summed E-state index contributed by atoms with van der Waals surface area (Å²) < 4.78 is 33.7.